The van der Waals surface area contributed by atoms with E-state index in [1.165, 1.54) is 0 Å². The number of nitrogens with zero attached hydrogens (tertiary/aromatic N) is 4. The highest BCUT2D eigenvalue weighted by atomic mass is 16.1. The van der Waals surface area contributed by atoms with Crippen LogP contribution in [0.3, 0.4) is 0 Å². The molecule has 0 fully saturated rings. The summed E-state index contributed by atoms with van der Waals surface area (Å²) in [7, 11) is 1.94. The van der Waals surface area contributed by atoms with Crippen LogP contribution in [-0.2, 0) is 13.1 Å². The number of fused-ring (bicyclic) bond motifs is 2. The van der Waals surface area contributed by atoms with E-state index in [0.29, 0.717) is 35.4 Å². The molecule has 0 spiro atoms. The number of rotatable bonds is 4. The molecular formula is C20H17N5O. The second kappa shape index (κ2) is 6.47. The highest BCUT2D eigenvalue weighted by Crippen LogP contribution is 2.19. The van der Waals surface area contributed by atoms with Gasteiger partial charge in [0.2, 0.25) is 0 Å². The molecule has 0 saturated heterocycles. The number of aromatic amines is 1. The Morgan fingerprint density at radius 3 is 2.85 bits per heavy atom. The number of benzene rings is 1. The van der Waals surface area contributed by atoms with Crippen molar-refractivity contribution in [2.75, 3.05) is 7.05 Å². The number of hydrogen-bond donors (Lipinski definition) is 1. The van der Waals surface area contributed by atoms with Crippen molar-refractivity contribution in [3.05, 3.63) is 82.2 Å². The zero-order chi connectivity index (χ0) is 18.1. The summed E-state index contributed by atoms with van der Waals surface area (Å²) >= 11 is 0. The minimum Gasteiger partial charge on any atom is -0.322 e. The fourth-order valence-corrected chi connectivity index (χ4v) is 3.24. The molecule has 1 aromatic carbocycles. The number of hydrogen-bond acceptors (Lipinski definition) is 4. The normalized spacial score (nSPS) is 11.3. The van der Waals surface area contributed by atoms with Crippen LogP contribution >= 0.6 is 0 Å². The van der Waals surface area contributed by atoms with Gasteiger partial charge < -0.3 is 9.38 Å². The molecule has 3 aromatic heterocycles. The van der Waals surface area contributed by atoms with Gasteiger partial charge in [-0.25, -0.2) is 4.98 Å². The van der Waals surface area contributed by atoms with Crippen LogP contribution in [0.15, 0.2) is 59.7 Å². The van der Waals surface area contributed by atoms with Crippen LogP contribution in [0.25, 0.3) is 16.4 Å². The maximum absolute atomic E-state index is 12.2. The molecule has 0 aliphatic carbocycles. The van der Waals surface area contributed by atoms with Gasteiger partial charge in [0, 0.05) is 24.5 Å². The summed E-state index contributed by atoms with van der Waals surface area (Å²) in [5, 5.41) is 10.1. The van der Waals surface area contributed by atoms with E-state index in [1.807, 2.05) is 65.1 Å². The summed E-state index contributed by atoms with van der Waals surface area (Å²) in [6.45, 7) is 1.07. The lowest BCUT2D eigenvalue weighted by atomic mass is 10.1. The monoisotopic (exact) mass is 343 g/mol. The first-order chi connectivity index (χ1) is 12.7. The van der Waals surface area contributed by atoms with Crippen LogP contribution in [0.1, 0.15) is 17.0 Å². The van der Waals surface area contributed by atoms with Gasteiger partial charge in [-0.3, -0.25) is 9.69 Å². The Morgan fingerprint density at radius 1 is 1.19 bits per heavy atom. The maximum Gasteiger partial charge on any atom is 0.258 e. The Balaban J connectivity index is 1.61. The molecule has 4 rings (SSSR count). The quantitative estimate of drug-likeness (QED) is 0.618. The second-order valence-corrected chi connectivity index (χ2v) is 6.34. The first-order valence-electron chi connectivity index (χ1n) is 8.31. The van der Waals surface area contributed by atoms with Gasteiger partial charge in [-0.2, -0.15) is 5.26 Å². The van der Waals surface area contributed by atoms with Crippen LogP contribution in [0, 0.1) is 11.3 Å². The molecule has 26 heavy (non-hydrogen) atoms. The average Bonchev–Trinajstić information content (AvgIpc) is 2.98. The van der Waals surface area contributed by atoms with Crippen molar-refractivity contribution in [3.63, 3.8) is 0 Å². The van der Waals surface area contributed by atoms with Gasteiger partial charge in [-0.1, -0.05) is 18.2 Å². The van der Waals surface area contributed by atoms with Crippen molar-refractivity contribution >= 4 is 16.4 Å². The second-order valence-electron chi connectivity index (χ2n) is 6.34. The lowest BCUT2D eigenvalue weighted by Crippen LogP contribution is -2.22. The van der Waals surface area contributed by atoms with E-state index in [0.717, 1.165) is 11.1 Å². The largest absolute Gasteiger partial charge is 0.322 e. The van der Waals surface area contributed by atoms with Crippen molar-refractivity contribution in [2.24, 2.45) is 0 Å². The maximum atomic E-state index is 12.2. The topological polar surface area (TPSA) is 77.2 Å². The van der Waals surface area contributed by atoms with Crippen molar-refractivity contribution in [1.29, 1.82) is 5.26 Å². The number of nitrogens with one attached hydrogen (secondary N) is 1. The summed E-state index contributed by atoms with van der Waals surface area (Å²) in [5.41, 5.74) is 3.08. The zero-order valence-corrected chi connectivity index (χ0v) is 14.3. The molecule has 0 atom stereocenters. The first-order valence-corrected chi connectivity index (χ1v) is 8.31. The van der Waals surface area contributed by atoms with E-state index in [-0.39, 0.29) is 5.56 Å². The van der Waals surface area contributed by atoms with E-state index in [4.69, 9.17) is 0 Å². The molecule has 0 saturated carbocycles. The Labute approximate surface area is 150 Å². The third-order valence-electron chi connectivity index (χ3n) is 4.40. The molecule has 0 radical (unpaired) electrons. The van der Waals surface area contributed by atoms with Crippen LogP contribution in [0.4, 0.5) is 0 Å². The van der Waals surface area contributed by atoms with E-state index < -0.39 is 0 Å². The molecule has 0 unspecified atom stereocenters. The smallest absolute Gasteiger partial charge is 0.258 e. The Kier molecular flexibility index (Phi) is 3.99. The van der Waals surface area contributed by atoms with Gasteiger partial charge in [-0.15, -0.1) is 0 Å². The number of nitriles is 1. The standard InChI is InChI=1S/C20H17N5O/c1-24(11-14-12-25-9-5-4-8-18(25)16(14)10-21)13-19-22-17-7-3-2-6-15(17)20(26)23-19/h2-9,12H,11,13H2,1H3,(H,22,23,26). The molecule has 0 aliphatic rings. The molecule has 3 heterocycles. The van der Waals surface area contributed by atoms with Crippen LogP contribution < -0.4 is 5.56 Å². The van der Waals surface area contributed by atoms with Crippen LogP contribution in [0.2, 0.25) is 0 Å². The lowest BCUT2D eigenvalue weighted by Gasteiger charge is -2.15. The van der Waals surface area contributed by atoms with Gasteiger partial charge in [0.05, 0.1) is 28.5 Å². The third kappa shape index (κ3) is 2.85. The van der Waals surface area contributed by atoms with E-state index >= 15 is 0 Å². The van der Waals surface area contributed by atoms with Gasteiger partial charge in [-0.05, 0) is 31.3 Å². The van der Waals surface area contributed by atoms with Crippen molar-refractivity contribution in [1.82, 2.24) is 19.3 Å². The van der Waals surface area contributed by atoms with Gasteiger partial charge in [0.25, 0.3) is 5.56 Å². The highest BCUT2D eigenvalue weighted by Gasteiger charge is 2.13. The SMILES string of the molecule is CN(Cc1nc2ccccc2c(=O)[nH]1)Cc1cn2ccccc2c1C#N. The molecule has 0 aliphatic heterocycles. The highest BCUT2D eigenvalue weighted by molar-refractivity contribution is 5.77. The van der Waals surface area contributed by atoms with Gasteiger partial charge >= 0.3 is 0 Å². The summed E-state index contributed by atoms with van der Waals surface area (Å²) in [5.74, 6) is 0.610. The number of aromatic nitrogens is 3. The number of H-pyrrole nitrogens is 1. The molecular weight excluding hydrogens is 326 g/mol. The third-order valence-corrected chi connectivity index (χ3v) is 4.40. The predicted molar refractivity (Wildman–Crippen MR) is 99.6 cm³/mol. The van der Waals surface area contributed by atoms with E-state index in [2.05, 4.69) is 16.0 Å². The summed E-state index contributed by atoms with van der Waals surface area (Å²) in [4.78, 5) is 21.6. The molecule has 0 bridgehead atoms. The fraction of sp³-hybridized carbons (Fsp3) is 0.150. The van der Waals surface area contributed by atoms with Crippen LogP contribution in [0.5, 0.6) is 0 Å². The first kappa shape index (κ1) is 16.1. The van der Waals surface area contributed by atoms with E-state index in [9.17, 15) is 10.1 Å². The molecule has 6 heteroatoms. The number of para-hydroxylation sites is 1. The molecule has 6 nitrogen and oxygen atoms in total. The van der Waals surface area contributed by atoms with Crippen molar-refractivity contribution in [2.45, 2.75) is 13.1 Å². The Hall–Kier alpha value is -3.43. The lowest BCUT2D eigenvalue weighted by molar-refractivity contribution is 0.310. The average molecular weight is 343 g/mol. The minimum atomic E-state index is -0.133. The Bertz CT molecular complexity index is 1200. The zero-order valence-electron chi connectivity index (χ0n) is 14.3. The van der Waals surface area contributed by atoms with Gasteiger partial charge in [0.15, 0.2) is 0 Å². The molecule has 128 valence electrons. The molecule has 0 amide bonds. The Morgan fingerprint density at radius 2 is 2.00 bits per heavy atom. The number of pyridine rings is 1. The molecule has 4 aromatic rings. The molecule has 1 N–H and O–H groups in total. The van der Waals surface area contributed by atoms with Crippen LogP contribution in [-0.4, -0.2) is 26.3 Å². The fourth-order valence-electron chi connectivity index (χ4n) is 3.24. The van der Waals surface area contributed by atoms with Crippen molar-refractivity contribution in [3.8, 4) is 6.07 Å². The summed E-state index contributed by atoms with van der Waals surface area (Å²) < 4.78 is 1.96. The van der Waals surface area contributed by atoms with E-state index in [1.54, 1.807) is 6.07 Å². The summed E-state index contributed by atoms with van der Waals surface area (Å²) in [6, 6.07) is 15.4. The predicted octanol–water partition coefficient (Wildman–Crippen LogP) is 2.68. The van der Waals surface area contributed by atoms with Crippen molar-refractivity contribution < 1.29 is 0 Å². The minimum absolute atomic E-state index is 0.133. The van der Waals surface area contributed by atoms with Gasteiger partial charge in [0.1, 0.15) is 11.9 Å². The summed E-state index contributed by atoms with van der Waals surface area (Å²) in [6.07, 6.45) is 3.91.